The van der Waals surface area contributed by atoms with E-state index in [0.717, 1.165) is 25.7 Å². The highest BCUT2D eigenvalue weighted by Gasteiger charge is 2.33. The van der Waals surface area contributed by atoms with Crippen LogP contribution in [0.4, 0.5) is 17.3 Å². The number of fused-ring (bicyclic) bond motifs is 1. The Morgan fingerprint density at radius 3 is 2.71 bits per heavy atom. The molecule has 34 heavy (non-hydrogen) atoms. The smallest absolute Gasteiger partial charge is 0.274 e. The predicted molar refractivity (Wildman–Crippen MR) is 127 cm³/mol. The van der Waals surface area contributed by atoms with Crippen LogP contribution in [-0.4, -0.2) is 64.6 Å². The van der Waals surface area contributed by atoms with Gasteiger partial charge >= 0.3 is 0 Å². The lowest BCUT2D eigenvalue weighted by atomic mass is 9.89. The van der Waals surface area contributed by atoms with Crippen molar-refractivity contribution >= 4 is 28.9 Å². The molecule has 0 aliphatic heterocycles. The molecular formula is C23H29N7O4. The van der Waals surface area contributed by atoms with Gasteiger partial charge in [0.1, 0.15) is 22.9 Å². The number of carbonyl (C=O) groups excluding carboxylic acids is 1. The fourth-order valence-corrected chi connectivity index (χ4v) is 4.52. The number of aromatic nitrogens is 4. The highest BCUT2D eigenvalue weighted by atomic mass is 16.5. The summed E-state index contributed by atoms with van der Waals surface area (Å²) in [7, 11) is 5.10. The molecule has 0 saturated heterocycles. The van der Waals surface area contributed by atoms with Crippen LogP contribution in [0.1, 0.15) is 42.1 Å². The quantitative estimate of drug-likeness (QED) is 0.459. The van der Waals surface area contributed by atoms with E-state index >= 15 is 0 Å². The van der Waals surface area contributed by atoms with Crippen LogP contribution in [0.5, 0.6) is 0 Å². The number of rotatable bonds is 8. The number of nitrogens with one attached hydrogen (secondary N) is 3. The third-order valence-electron chi connectivity index (χ3n) is 6.84. The molecule has 0 aromatic carbocycles. The molecule has 1 amide bonds. The Hall–Kier alpha value is -3.44. The molecule has 2 atom stereocenters. The fraction of sp³-hybridized carbons (Fsp3) is 0.478. The fourth-order valence-electron chi connectivity index (χ4n) is 4.52. The zero-order valence-electron chi connectivity index (χ0n) is 19.4. The van der Waals surface area contributed by atoms with Gasteiger partial charge < -0.3 is 30.0 Å². The summed E-state index contributed by atoms with van der Waals surface area (Å²) in [6.07, 6.45) is 6.94. The van der Waals surface area contributed by atoms with Crippen molar-refractivity contribution in [2.24, 2.45) is 0 Å². The van der Waals surface area contributed by atoms with Crippen molar-refractivity contribution in [1.29, 1.82) is 0 Å². The van der Waals surface area contributed by atoms with Crippen LogP contribution in [0, 0.1) is 0 Å². The average Bonchev–Trinajstić information content (AvgIpc) is 3.22. The van der Waals surface area contributed by atoms with Crippen LogP contribution in [0.25, 0.3) is 5.65 Å². The maximum atomic E-state index is 13.1. The monoisotopic (exact) mass is 467 g/mol. The normalized spacial score (nSPS) is 23.7. The van der Waals surface area contributed by atoms with Crippen LogP contribution >= 0.6 is 0 Å². The second kappa shape index (κ2) is 9.07. The molecule has 3 aromatic rings. The number of carbonyl (C=O) groups is 1. The van der Waals surface area contributed by atoms with E-state index in [-0.39, 0.29) is 35.8 Å². The number of hydrogen-bond acceptors (Lipinski definition) is 8. The minimum atomic E-state index is -0.256. The van der Waals surface area contributed by atoms with Gasteiger partial charge in [-0.1, -0.05) is 0 Å². The number of methoxy groups -OCH3 is 2. The van der Waals surface area contributed by atoms with Gasteiger partial charge in [-0.25, -0.2) is 4.98 Å². The van der Waals surface area contributed by atoms with Crippen molar-refractivity contribution in [3.8, 4) is 0 Å². The van der Waals surface area contributed by atoms with E-state index in [4.69, 9.17) is 9.47 Å². The summed E-state index contributed by atoms with van der Waals surface area (Å²) in [6, 6.07) is 5.40. The van der Waals surface area contributed by atoms with Crippen molar-refractivity contribution in [2.75, 3.05) is 31.9 Å². The largest absolute Gasteiger partial charge is 0.381 e. The van der Waals surface area contributed by atoms with Gasteiger partial charge in [-0.3, -0.25) is 9.59 Å². The summed E-state index contributed by atoms with van der Waals surface area (Å²) < 4.78 is 14.0. The van der Waals surface area contributed by atoms with Gasteiger partial charge in [0.25, 0.3) is 11.5 Å². The van der Waals surface area contributed by atoms with E-state index in [1.807, 2.05) is 6.07 Å². The Kier molecular flexibility index (Phi) is 5.96. The minimum absolute atomic E-state index is 0.0236. The predicted octanol–water partition coefficient (Wildman–Crippen LogP) is 1.93. The van der Waals surface area contributed by atoms with E-state index in [1.54, 1.807) is 48.7 Å². The Bertz CT molecular complexity index is 1260. The topological polar surface area (TPSA) is 124 Å². The summed E-state index contributed by atoms with van der Waals surface area (Å²) in [5.74, 6) is 0.805. The van der Waals surface area contributed by atoms with Gasteiger partial charge in [-0.15, -0.1) is 0 Å². The van der Waals surface area contributed by atoms with E-state index in [2.05, 4.69) is 26.0 Å². The molecule has 5 rings (SSSR count). The Morgan fingerprint density at radius 1 is 1.21 bits per heavy atom. The lowest BCUT2D eigenvalue weighted by Crippen LogP contribution is -2.51. The molecule has 3 aromatic heterocycles. The van der Waals surface area contributed by atoms with Gasteiger partial charge in [-0.05, 0) is 37.8 Å². The van der Waals surface area contributed by atoms with Crippen molar-refractivity contribution < 1.29 is 14.3 Å². The van der Waals surface area contributed by atoms with Crippen LogP contribution < -0.4 is 21.5 Å². The number of hydrogen-bond donors (Lipinski definition) is 3. The van der Waals surface area contributed by atoms with Crippen LogP contribution in [-0.2, 0) is 9.47 Å². The Balaban J connectivity index is 1.43. The second-order valence-corrected chi connectivity index (χ2v) is 8.74. The number of anilines is 3. The van der Waals surface area contributed by atoms with E-state index in [9.17, 15) is 9.59 Å². The molecule has 2 aliphatic rings. The average molecular weight is 468 g/mol. The van der Waals surface area contributed by atoms with Crippen molar-refractivity contribution in [3.63, 3.8) is 0 Å². The Morgan fingerprint density at radius 2 is 2.03 bits per heavy atom. The Labute approximate surface area is 196 Å². The van der Waals surface area contributed by atoms with Gasteiger partial charge in [0.2, 0.25) is 0 Å². The van der Waals surface area contributed by atoms with Crippen LogP contribution in [0.3, 0.4) is 0 Å². The highest BCUT2D eigenvalue weighted by molar-refractivity contribution is 6.00. The van der Waals surface area contributed by atoms with Crippen molar-refractivity contribution in [2.45, 2.75) is 50.0 Å². The molecule has 3 heterocycles. The van der Waals surface area contributed by atoms with E-state index < -0.39 is 0 Å². The number of ether oxygens (including phenoxy) is 2. The molecule has 0 spiro atoms. The number of amides is 1. The lowest BCUT2D eigenvalue weighted by Gasteiger charge is -2.35. The maximum absolute atomic E-state index is 13.1. The van der Waals surface area contributed by atoms with Crippen LogP contribution in [0.2, 0.25) is 0 Å². The molecule has 3 N–H and O–H groups in total. The summed E-state index contributed by atoms with van der Waals surface area (Å²) in [6.45, 7) is 0. The first-order valence-corrected chi connectivity index (χ1v) is 11.4. The number of pyridine rings is 1. The molecule has 180 valence electrons. The first kappa shape index (κ1) is 22.4. The molecular weight excluding hydrogens is 438 g/mol. The third kappa shape index (κ3) is 3.90. The van der Waals surface area contributed by atoms with Crippen molar-refractivity contribution in [1.82, 2.24) is 24.5 Å². The van der Waals surface area contributed by atoms with Gasteiger partial charge in [0.05, 0.1) is 24.4 Å². The molecule has 0 bridgehead atoms. The first-order chi connectivity index (χ1) is 16.5. The number of nitrogens with zero attached hydrogens (tertiary/aromatic N) is 4. The second-order valence-electron chi connectivity index (χ2n) is 8.74. The SMILES string of the molecule is CNc1cc(Nc2cccn([C@H]3C[C@H](OC)C3)c2=O)nc2c(C(=O)NC3CC[C@H]3OC)cnn12. The molecule has 1 unspecified atom stereocenters. The minimum Gasteiger partial charge on any atom is -0.381 e. The van der Waals surface area contributed by atoms with Gasteiger partial charge in [0, 0.05) is 39.6 Å². The summed E-state index contributed by atoms with van der Waals surface area (Å²) in [5, 5.41) is 13.5. The zero-order valence-corrected chi connectivity index (χ0v) is 19.4. The highest BCUT2D eigenvalue weighted by Crippen LogP contribution is 2.33. The molecule has 2 fully saturated rings. The third-order valence-corrected chi connectivity index (χ3v) is 6.84. The molecule has 0 radical (unpaired) electrons. The standard InChI is InChI=1S/C23H29N7O4/c1-24-20-11-19(26-17-5-4-8-29(23(17)32)13-9-14(10-13)33-2)28-21-15(12-25-30(20)21)22(31)27-16-6-7-18(16)34-3/h4-5,8,11-14,16,18,24H,6-7,9-10H2,1-3H3,(H,26,28)(H,27,31)/t13-,14-,16?,18-/m1/s1. The van der Waals surface area contributed by atoms with E-state index in [1.165, 1.54) is 6.20 Å². The summed E-state index contributed by atoms with van der Waals surface area (Å²) in [4.78, 5) is 30.7. The maximum Gasteiger partial charge on any atom is 0.274 e. The summed E-state index contributed by atoms with van der Waals surface area (Å²) >= 11 is 0. The molecule has 11 heteroatoms. The van der Waals surface area contributed by atoms with Gasteiger partial charge in [-0.2, -0.15) is 9.61 Å². The molecule has 2 saturated carbocycles. The van der Waals surface area contributed by atoms with E-state index in [0.29, 0.717) is 28.5 Å². The zero-order chi connectivity index (χ0) is 23.8. The molecule has 2 aliphatic carbocycles. The summed E-state index contributed by atoms with van der Waals surface area (Å²) in [5.41, 5.74) is 1.02. The van der Waals surface area contributed by atoms with Gasteiger partial charge in [0.15, 0.2) is 5.65 Å². The lowest BCUT2D eigenvalue weighted by molar-refractivity contribution is 0.00522. The van der Waals surface area contributed by atoms with Crippen LogP contribution in [0.15, 0.2) is 35.4 Å². The molecule has 11 nitrogen and oxygen atoms in total. The first-order valence-electron chi connectivity index (χ1n) is 11.4. The van der Waals surface area contributed by atoms with Crippen molar-refractivity contribution in [3.05, 3.63) is 46.5 Å².